The SMILES string of the molecule is NC(=O)N/N=C/c1ccc(N)nc1. The molecule has 5 N–H and O–H groups in total. The fraction of sp³-hybridized carbons (Fsp3) is 0. The number of rotatable bonds is 2. The molecule has 6 nitrogen and oxygen atoms in total. The van der Waals surface area contributed by atoms with Crippen molar-refractivity contribution in [1.82, 2.24) is 10.4 Å². The molecule has 1 rings (SSSR count). The van der Waals surface area contributed by atoms with E-state index in [4.69, 9.17) is 11.5 Å². The van der Waals surface area contributed by atoms with Gasteiger partial charge in [-0.05, 0) is 12.1 Å². The molecule has 0 saturated heterocycles. The molecule has 68 valence electrons. The standard InChI is InChI=1S/C7H9N5O/c8-6-2-1-5(3-10-6)4-11-12-7(9)13/h1-4H,(H2,8,10)(H3,9,12,13)/b11-4+. The monoisotopic (exact) mass is 179 g/mol. The largest absolute Gasteiger partial charge is 0.384 e. The van der Waals surface area contributed by atoms with Gasteiger partial charge in [-0.2, -0.15) is 5.10 Å². The van der Waals surface area contributed by atoms with Crippen LogP contribution in [0.25, 0.3) is 0 Å². The Bertz CT molecular complexity index is 318. The number of pyridine rings is 1. The van der Waals surface area contributed by atoms with Crippen molar-refractivity contribution in [3.8, 4) is 0 Å². The molecule has 1 heterocycles. The summed E-state index contributed by atoms with van der Waals surface area (Å²) >= 11 is 0. The molecular formula is C7H9N5O. The molecule has 6 heteroatoms. The minimum Gasteiger partial charge on any atom is -0.384 e. The van der Waals surface area contributed by atoms with Gasteiger partial charge in [0, 0.05) is 11.8 Å². The third-order valence-electron chi connectivity index (χ3n) is 1.20. The Morgan fingerprint density at radius 3 is 2.92 bits per heavy atom. The lowest BCUT2D eigenvalue weighted by Crippen LogP contribution is -2.24. The summed E-state index contributed by atoms with van der Waals surface area (Å²) in [6, 6.07) is 2.64. The molecule has 1 aromatic heterocycles. The van der Waals surface area contributed by atoms with Gasteiger partial charge in [0.25, 0.3) is 0 Å². The zero-order chi connectivity index (χ0) is 9.68. The number of nitrogens with zero attached hydrogens (tertiary/aromatic N) is 2. The van der Waals surface area contributed by atoms with Gasteiger partial charge >= 0.3 is 6.03 Å². The Balaban J connectivity index is 2.59. The van der Waals surface area contributed by atoms with Gasteiger partial charge in [0.15, 0.2) is 0 Å². The van der Waals surface area contributed by atoms with E-state index in [0.717, 1.165) is 5.56 Å². The van der Waals surface area contributed by atoms with Crippen molar-refractivity contribution in [2.24, 2.45) is 10.8 Å². The molecule has 0 fully saturated rings. The Hall–Kier alpha value is -2.11. The molecule has 0 aromatic carbocycles. The van der Waals surface area contributed by atoms with Crippen LogP contribution in [0.3, 0.4) is 0 Å². The van der Waals surface area contributed by atoms with Gasteiger partial charge in [-0.1, -0.05) is 0 Å². The topological polar surface area (TPSA) is 106 Å². The molecule has 0 aliphatic heterocycles. The molecule has 0 bridgehead atoms. The van der Waals surface area contributed by atoms with E-state index >= 15 is 0 Å². The first-order chi connectivity index (χ1) is 6.18. The van der Waals surface area contributed by atoms with Crippen molar-refractivity contribution in [2.45, 2.75) is 0 Å². The number of amides is 2. The minimum atomic E-state index is -0.709. The van der Waals surface area contributed by atoms with Crippen molar-refractivity contribution in [2.75, 3.05) is 5.73 Å². The van der Waals surface area contributed by atoms with E-state index in [1.807, 2.05) is 0 Å². The average Bonchev–Trinajstić information content (AvgIpc) is 2.08. The summed E-state index contributed by atoms with van der Waals surface area (Å²) in [7, 11) is 0. The van der Waals surface area contributed by atoms with Crippen LogP contribution in [-0.2, 0) is 0 Å². The molecule has 0 unspecified atom stereocenters. The fourth-order valence-corrected chi connectivity index (χ4v) is 0.664. The summed E-state index contributed by atoms with van der Waals surface area (Å²) in [5.74, 6) is 0.431. The molecule has 0 aliphatic carbocycles. The quantitative estimate of drug-likeness (QED) is 0.427. The first-order valence-electron chi connectivity index (χ1n) is 3.48. The maximum atomic E-state index is 10.2. The number of hydrogen-bond donors (Lipinski definition) is 3. The van der Waals surface area contributed by atoms with E-state index in [-0.39, 0.29) is 0 Å². The van der Waals surface area contributed by atoms with E-state index in [2.05, 4.69) is 15.5 Å². The lowest BCUT2D eigenvalue weighted by Gasteiger charge is -1.93. The van der Waals surface area contributed by atoms with Gasteiger partial charge in [0.1, 0.15) is 5.82 Å². The first kappa shape index (κ1) is 8.98. The number of anilines is 1. The van der Waals surface area contributed by atoms with Gasteiger partial charge in [-0.25, -0.2) is 15.2 Å². The predicted molar refractivity (Wildman–Crippen MR) is 49.0 cm³/mol. The maximum absolute atomic E-state index is 10.2. The summed E-state index contributed by atoms with van der Waals surface area (Å²) in [4.78, 5) is 14.0. The van der Waals surface area contributed by atoms with E-state index in [1.165, 1.54) is 12.4 Å². The van der Waals surface area contributed by atoms with E-state index < -0.39 is 6.03 Å². The van der Waals surface area contributed by atoms with Crippen LogP contribution in [-0.4, -0.2) is 17.2 Å². The van der Waals surface area contributed by atoms with Crippen LogP contribution in [0.4, 0.5) is 10.6 Å². The predicted octanol–water partition coefficient (Wildman–Crippen LogP) is -0.334. The Labute approximate surface area is 74.6 Å². The number of aromatic nitrogens is 1. The number of nitrogens with two attached hydrogens (primary N) is 2. The summed E-state index contributed by atoms with van der Waals surface area (Å²) in [6.07, 6.45) is 2.94. The van der Waals surface area contributed by atoms with Crippen molar-refractivity contribution < 1.29 is 4.79 Å². The number of urea groups is 1. The van der Waals surface area contributed by atoms with Gasteiger partial charge in [-0.15, -0.1) is 0 Å². The van der Waals surface area contributed by atoms with Crippen LogP contribution < -0.4 is 16.9 Å². The molecule has 0 saturated carbocycles. The van der Waals surface area contributed by atoms with Crippen molar-refractivity contribution >= 4 is 18.1 Å². The van der Waals surface area contributed by atoms with E-state index in [9.17, 15) is 4.79 Å². The molecule has 0 aliphatic rings. The summed E-state index contributed by atoms with van der Waals surface area (Å²) in [6.45, 7) is 0. The number of hydrazone groups is 1. The number of carbonyl (C=O) groups is 1. The number of nitrogen functional groups attached to an aromatic ring is 1. The third kappa shape index (κ3) is 3.19. The Kier molecular flexibility index (Phi) is 2.80. The zero-order valence-electron chi connectivity index (χ0n) is 6.77. The highest BCUT2D eigenvalue weighted by Gasteiger charge is 1.89. The van der Waals surface area contributed by atoms with Crippen molar-refractivity contribution in [3.63, 3.8) is 0 Å². The lowest BCUT2D eigenvalue weighted by molar-refractivity contribution is 0.249. The smallest absolute Gasteiger partial charge is 0.332 e. The number of hydrogen-bond acceptors (Lipinski definition) is 4. The second-order valence-electron chi connectivity index (χ2n) is 2.25. The van der Waals surface area contributed by atoms with Crippen LogP contribution in [0.1, 0.15) is 5.56 Å². The summed E-state index contributed by atoms with van der Waals surface area (Å²) < 4.78 is 0. The number of primary amides is 1. The van der Waals surface area contributed by atoms with Crippen molar-refractivity contribution in [3.05, 3.63) is 23.9 Å². The zero-order valence-corrected chi connectivity index (χ0v) is 6.77. The molecule has 13 heavy (non-hydrogen) atoms. The highest BCUT2D eigenvalue weighted by atomic mass is 16.2. The second-order valence-corrected chi connectivity index (χ2v) is 2.25. The van der Waals surface area contributed by atoms with Crippen molar-refractivity contribution in [1.29, 1.82) is 0 Å². The third-order valence-corrected chi connectivity index (χ3v) is 1.20. The first-order valence-corrected chi connectivity index (χ1v) is 3.48. The number of nitrogens with one attached hydrogen (secondary N) is 1. The maximum Gasteiger partial charge on any atom is 0.332 e. The summed E-state index contributed by atoms with van der Waals surface area (Å²) in [5.41, 5.74) is 12.9. The average molecular weight is 179 g/mol. The highest BCUT2D eigenvalue weighted by Crippen LogP contribution is 1.97. The molecule has 2 amide bonds. The molecule has 0 atom stereocenters. The van der Waals surface area contributed by atoms with E-state index in [1.54, 1.807) is 12.1 Å². The molecule has 1 aromatic rings. The van der Waals surface area contributed by atoms with Crippen LogP contribution in [0.15, 0.2) is 23.4 Å². The summed E-state index contributed by atoms with van der Waals surface area (Å²) in [5, 5.41) is 3.54. The lowest BCUT2D eigenvalue weighted by atomic mass is 10.3. The van der Waals surface area contributed by atoms with Crippen LogP contribution in [0.5, 0.6) is 0 Å². The van der Waals surface area contributed by atoms with Crippen LogP contribution in [0.2, 0.25) is 0 Å². The highest BCUT2D eigenvalue weighted by molar-refractivity contribution is 5.81. The van der Waals surface area contributed by atoms with E-state index in [0.29, 0.717) is 5.82 Å². The molecule has 0 spiro atoms. The van der Waals surface area contributed by atoms with Gasteiger partial charge in [0.05, 0.1) is 6.21 Å². The Morgan fingerprint density at radius 1 is 1.62 bits per heavy atom. The molecule has 0 radical (unpaired) electrons. The normalized spacial score (nSPS) is 10.2. The second kappa shape index (κ2) is 4.05. The Morgan fingerprint density at radius 2 is 2.38 bits per heavy atom. The van der Waals surface area contributed by atoms with Gasteiger partial charge < -0.3 is 11.5 Å². The minimum absolute atomic E-state index is 0.431. The van der Waals surface area contributed by atoms with Crippen LogP contribution in [0, 0.1) is 0 Å². The fourth-order valence-electron chi connectivity index (χ4n) is 0.664. The number of carbonyl (C=O) groups excluding carboxylic acids is 1. The van der Waals surface area contributed by atoms with Gasteiger partial charge in [0.2, 0.25) is 0 Å². The van der Waals surface area contributed by atoms with Gasteiger partial charge in [-0.3, -0.25) is 0 Å². The molecular weight excluding hydrogens is 170 g/mol. The van der Waals surface area contributed by atoms with Crippen LogP contribution >= 0.6 is 0 Å².